The van der Waals surface area contributed by atoms with Gasteiger partial charge in [0.05, 0.1) is 5.69 Å². The highest BCUT2D eigenvalue weighted by Gasteiger charge is 2.26. The van der Waals surface area contributed by atoms with Crippen LogP contribution in [0.2, 0.25) is 0 Å². The molecule has 2 rings (SSSR count). The highest BCUT2D eigenvalue weighted by molar-refractivity contribution is 7.99. The van der Waals surface area contributed by atoms with Gasteiger partial charge in [0.2, 0.25) is 0 Å². The molecule has 0 radical (unpaired) electrons. The molecule has 1 aromatic rings. The summed E-state index contributed by atoms with van der Waals surface area (Å²) >= 11 is 1.87. The standard InChI is InChI=1S/C12H17N3O2S/c1-18-11-4-2-3-9(11)14-6-10-8(12(16)17)5-13-7-15-10/h5,7,9,11,14H,2-4,6H2,1H3,(H,16,17). The van der Waals surface area contributed by atoms with E-state index < -0.39 is 5.97 Å². The number of aromatic carboxylic acids is 1. The van der Waals surface area contributed by atoms with Gasteiger partial charge in [0.1, 0.15) is 11.9 Å². The van der Waals surface area contributed by atoms with Crippen molar-refractivity contribution in [2.75, 3.05) is 6.26 Å². The second-order valence-electron chi connectivity index (χ2n) is 4.38. The fourth-order valence-corrected chi connectivity index (χ4v) is 3.31. The fraction of sp³-hybridized carbons (Fsp3) is 0.583. The number of hydrogen-bond acceptors (Lipinski definition) is 5. The Labute approximate surface area is 110 Å². The molecule has 0 aliphatic heterocycles. The second-order valence-corrected chi connectivity index (χ2v) is 5.46. The molecule has 2 unspecified atom stereocenters. The van der Waals surface area contributed by atoms with Gasteiger partial charge in [0.25, 0.3) is 0 Å². The van der Waals surface area contributed by atoms with Crippen molar-refractivity contribution in [3.05, 3.63) is 23.8 Å². The van der Waals surface area contributed by atoms with Crippen LogP contribution in [-0.2, 0) is 6.54 Å². The maximum Gasteiger partial charge on any atom is 0.339 e. The molecule has 18 heavy (non-hydrogen) atoms. The first kappa shape index (κ1) is 13.3. The number of rotatable bonds is 5. The van der Waals surface area contributed by atoms with E-state index in [9.17, 15) is 4.79 Å². The van der Waals surface area contributed by atoms with Crippen LogP contribution in [0.5, 0.6) is 0 Å². The topological polar surface area (TPSA) is 75.1 Å². The number of carboxylic acid groups (broad SMARTS) is 1. The summed E-state index contributed by atoms with van der Waals surface area (Å²) < 4.78 is 0. The Morgan fingerprint density at radius 1 is 1.61 bits per heavy atom. The summed E-state index contributed by atoms with van der Waals surface area (Å²) in [6.07, 6.45) is 8.49. The lowest BCUT2D eigenvalue weighted by Gasteiger charge is -2.19. The summed E-state index contributed by atoms with van der Waals surface area (Å²) in [7, 11) is 0. The van der Waals surface area contributed by atoms with Crippen molar-refractivity contribution >= 4 is 17.7 Å². The third kappa shape index (κ3) is 3.00. The number of aromatic nitrogens is 2. The van der Waals surface area contributed by atoms with Gasteiger partial charge in [0, 0.05) is 24.0 Å². The van der Waals surface area contributed by atoms with E-state index in [1.54, 1.807) is 0 Å². The molecular weight excluding hydrogens is 250 g/mol. The van der Waals surface area contributed by atoms with Crippen LogP contribution in [0.1, 0.15) is 35.3 Å². The number of nitrogens with zero attached hydrogens (tertiary/aromatic N) is 2. The zero-order valence-electron chi connectivity index (χ0n) is 10.3. The Kier molecular flexibility index (Phi) is 4.54. The Morgan fingerprint density at radius 2 is 2.44 bits per heavy atom. The highest BCUT2D eigenvalue weighted by Crippen LogP contribution is 2.28. The molecule has 1 aliphatic carbocycles. The van der Waals surface area contributed by atoms with E-state index in [4.69, 9.17) is 5.11 Å². The van der Waals surface area contributed by atoms with Crippen molar-refractivity contribution < 1.29 is 9.90 Å². The van der Waals surface area contributed by atoms with Crippen molar-refractivity contribution in [1.29, 1.82) is 0 Å². The van der Waals surface area contributed by atoms with Crippen LogP contribution in [0.3, 0.4) is 0 Å². The molecule has 1 fully saturated rings. The zero-order chi connectivity index (χ0) is 13.0. The second kappa shape index (κ2) is 6.15. The predicted octanol–water partition coefficient (Wildman–Crippen LogP) is 1.55. The molecule has 1 saturated carbocycles. The molecule has 6 heteroatoms. The lowest BCUT2D eigenvalue weighted by Crippen LogP contribution is -2.34. The molecule has 2 atom stereocenters. The summed E-state index contributed by atoms with van der Waals surface area (Å²) in [5.41, 5.74) is 0.743. The first-order valence-corrected chi connectivity index (χ1v) is 7.29. The van der Waals surface area contributed by atoms with E-state index in [0.717, 1.165) is 6.42 Å². The summed E-state index contributed by atoms with van der Waals surface area (Å²) in [4.78, 5) is 18.8. The van der Waals surface area contributed by atoms with Gasteiger partial charge in [-0.25, -0.2) is 14.8 Å². The van der Waals surface area contributed by atoms with Gasteiger partial charge in [-0.05, 0) is 19.1 Å². The smallest absolute Gasteiger partial charge is 0.339 e. The molecule has 0 aromatic carbocycles. The number of hydrogen-bond donors (Lipinski definition) is 2. The van der Waals surface area contributed by atoms with Crippen molar-refractivity contribution in [3.63, 3.8) is 0 Å². The maximum atomic E-state index is 11.0. The number of carboxylic acids is 1. The van der Waals surface area contributed by atoms with Gasteiger partial charge in [0.15, 0.2) is 0 Å². The van der Waals surface area contributed by atoms with E-state index in [-0.39, 0.29) is 5.56 Å². The monoisotopic (exact) mass is 267 g/mol. The molecule has 0 amide bonds. The van der Waals surface area contributed by atoms with Crippen molar-refractivity contribution in [1.82, 2.24) is 15.3 Å². The highest BCUT2D eigenvalue weighted by atomic mass is 32.2. The van der Waals surface area contributed by atoms with Crippen molar-refractivity contribution in [2.45, 2.75) is 37.1 Å². The molecule has 2 N–H and O–H groups in total. The van der Waals surface area contributed by atoms with E-state index in [1.165, 1.54) is 25.4 Å². The average molecular weight is 267 g/mol. The molecule has 5 nitrogen and oxygen atoms in total. The Balaban J connectivity index is 2.00. The van der Waals surface area contributed by atoms with E-state index >= 15 is 0 Å². The van der Waals surface area contributed by atoms with Crippen molar-refractivity contribution in [2.24, 2.45) is 0 Å². The van der Waals surface area contributed by atoms with Gasteiger partial charge < -0.3 is 10.4 Å². The van der Waals surface area contributed by atoms with Gasteiger partial charge in [-0.15, -0.1) is 0 Å². The third-order valence-electron chi connectivity index (χ3n) is 3.31. The predicted molar refractivity (Wildman–Crippen MR) is 70.8 cm³/mol. The Bertz CT molecular complexity index is 428. The minimum Gasteiger partial charge on any atom is -0.478 e. The summed E-state index contributed by atoms with van der Waals surface area (Å²) in [5, 5.41) is 13.1. The minimum absolute atomic E-state index is 0.184. The molecule has 0 bridgehead atoms. The molecule has 98 valence electrons. The van der Waals surface area contributed by atoms with Gasteiger partial charge >= 0.3 is 5.97 Å². The van der Waals surface area contributed by atoms with Crippen molar-refractivity contribution in [3.8, 4) is 0 Å². The summed E-state index contributed by atoms with van der Waals surface area (Å²) in [6.45, 7) is 0.492. The van der Waals surface area contributed by atoms with Gasteiger partial charge in [-0.2, -0.15) is 11.8 Å². The van der Waals surface area contributed by atoms with E-state index in [0.29, 0.717) is 23.5 Å². The third-order valence-corrected chi connectivity index (χ3v) is 4.48. The van der Waals surface area contributed by atoms with Crippen LogP contribution in [0, 0.1) is 0 Å². The molecule has 1 heterocycles. The number of thioether (sulfide) groups is 1. The number of nitrogens with one attached hydrogen (secondary N) is 1. The van der Waals surface area contributed by atoms with Crippen LogP contribution in [0.4, 0.5) is 0 Å². The largest absolute Gasteiger partial charge is 0.478 e. The van der Waals surface area contributed by atoms with Gasteiger partial charge in [-0.3, -0.25) is 0 Å². The Morgan fingerprint density at radius 3 is 3.17 bits per heavy atom. The maximum absolute atomic E-state index is 11.0. The van der Waals surface area contributed by atoms with Crippen LogP contribution >= 0.6 is 11.8 Å². The Hall–Kier alpha value is -1.14. The molecule has 1 aliphatic rings. The lowest BCUT2D eigenvalue weighted by molar-refractivity contribution is 0.0694. The molecular formula is C12H17N3O2S. The van der Waals surface area contributed by atoms with Crippen LogP contribution < -0.4 is 5.32 Å². The van der Waals surface area contributed by atoms with Gasteiger partial charge in [-0.1, -0.05) is 6.42 Å². The molecule has 0 saturated heterocycles. The summed E-state index contributed by atoms with van der Waals surface area (Å²) in [6, 6.07) is 0.455. The fourth-order valence-electron chi connectivity index (χ4n) is 2.34. The molecule has 0 spiro atoms. The van der Waals surface area contributed by atoms with Crippen LogP contribution in [0.15, 0.2) is 12.5 Å². The lowest BCUT2D eigenvalue weighted by atomic mass is 10.2. The zero-order valence-corrected chi connectivity index (χ0v) is 11.1. The normalized spacial score (nSPS) is 23.2. The SMILES string of the molecule is CSC1CCCC1NCc1ncncc1C(=O)O. The summed E-state index contributed by atoms with van der Waals surface area (Å²) in [5.74, 6) is -0.972. The first-order valence-electron chi connectivity index (χ1n) is 6.00. The van der Waals surface area contributed by atoms with E-state index in [2.05, 4.69) is 21.5 Å². The number of carbonyl (C=O) groups is 1. The van der Waals surface area contributed by atoms with Crippen LogP contribution in [-0.4, -0.2) is 38.6 Å². The van der Waals surface area contributed by atoms with E-state index in [1.807, 2.05) is 11.8 Å². The first-order chi connectivity index (χ1) is 8.72. The minimum atomic E-state index is -0.972. The quantitative estimate of drug-likeness (QED) is 0.843. The van der Waals surface area contributed by atoms with Crippen LogP contribution in [0.25, 0.3) is 0 Å². The molecule has 1 aromatic heterocycles. The average Bonchev–Trinajstić information content (AvgIpc) is 2.84.